The SMILES string of the molecule is CC.Nc1nnc(OCc2ccc(-c3ncco3)cc2)s1. The Morgan fingerprint density at radius 2 is 1.95 bits per heavy atom. The Bertz CT molecular complexity index is 650. The third kappa shape index (κ3) is 4.03. The predicted molar refractivity (Wildman–Crippen MR) is 81.9 cm³/mol. The smallest absolute Gasteiger partial charge is 0.296 e. The van der Waals surface area contributed by atoms with E-state index >= 15 is 0 Å². The molecule has 7 heteroatoms. The lowest BCUT2D eigenvalue weighted by Gasteiger charge is -2.02. The van der Waals surface area contributed by atoms with Crippen molar-refractivity contribution in [2.75, 3.05) is 5.73 Å². The first-order chi connectivity index (χ1) is 10.3. The Labute approximate surface area is 126 Å². The van der Waals surface area contributed by atoms with Gasteiger partial charge >= 0.3 is 0 Å². The van der Waals surface area contributed by atoms with Gasteiger partial charge in [0.15, 0.2) is 0 Å². The van der Waals surface area contributed by atoms with Crippen LogP contribution in [0.3, 0.4) is 0 Å². The first kappa shape index (κ1) is 15.0. The van der Waals surface area contributed by atoms with Crippen LogP contribution in [-0.2, 0) is 6.61 Å². The Morgan fingerprint density at radius 1 is 1.19 bits per heavy atom. The monoisotopic (exact) mass is 304 g/mol. The van der Waals surface area contributed by atoms with Crippen LogP contribution in [0.15, 0.2) is 41.1 Å². The minimum absolute atomic E-state index is 0.397. The first-order valence-corrected chi connectivity index (χ1v) is 7.33. The fourth-order valence-corrected chi connectivity index (χ4v) is 1.99. The van der Waals surface area contributed by atoms with Crippen LogP contribution >= 0.6 is 11.3 Å². The van der Waals surface area contributed by atoms with Crippen molar-refractivity contribution in [2.24, 2.45) is 0 Å². The summed E-state index contributed by atoms with van der Waals surface area (Å²) in [6.07, 6.45) is 3.17. The molecule has 2 aromatic heterocycles. The van der Waals surface area contributed by atoms with E-state index in [1.807, 2.05) is 38.1 Å². The molecule has 0 fully saturated rings. The van der Waals surface area contributed by atoms with Gasteiger partial charge in [0, 0.05) is 5.56 Å². The zero-order chi connectivity index (χ0) is 15.1. The number of nitrogens with zero attached hydrogens (tertiary/aromatic N) is 3. The highest BCUT2D eigenvalue weighted by molar-refractivity contribution is 7.16. The molecule has 0 atom stereocenters. The van der Waals surface area contributed by atoms with Gasteiger partial charge in [-0.2, -0.15) is 0 Å². The van der Waals surface area contributed by atoms with Crippen LogP contribution in [-0.4, -0.2) is 15.2 Å². The van der Waals surface area contributed by atoms with Crippen LogP contribution in [0.4, 0.5) is 5.13 Å². The molecule has 1 aromatic carbocycles. The second kappa shape index (κ2) is 7.39. The lowest BCUT2D eigenvalue weighted by atomic mass is 10.1. The lowest BCUT2D eigenvalue weighted by Crippen LogP contribution is -1.94. The second-order valence-electron chi connectivity index (χ2n) is 3.73. The Balaban J connectivity index is 0.000000774. The summed E-state index contributed by atoms with van der Waals surface area (Å²) < 4.78 is 10.7. The van der Waals surface area contributed by atoms with E-state index < -0.39 is 0 Å². The van der Waals surface area contributed by atoms with Crippen molar-refractivity contribution in [3.8, 4) is 16.6 Å². The molecule has 2 heterocycles. The fourth-order valence-electron chi connectivity index (χ4n) is 1.53. The van der Waals surface area contributed by atoms with Crippen LogP contribution in [0.5, 0.6) is 5.19 Å². The van der Waals surface area contributed by atoms with E-state index in [1.54, 1.807) is 12.5 Å². The number of anilines is 1. The average Bonchev–Trinajstić information content (AvgIpc) is 3.19. The van der Waals surface area contributed by atoms with Gasteiger partial charge in [0.1, 0.15) is 12.9 Å². The molecule has 0 aliphatic heterocycles. The van der Waals surface area contributed by atoms with E-state index in [0.717, 1.165) is 11.1 Å². The van der Waals surface area contributed by atoms with Crippen molar-refractivity contribution in [2.45, 2.75) is 20.5 Å². The molecule has 0 saturated carbocycles. The number of ether oxygens (including phenoxy) is 1. The molecule has 3 aromatic rings. The molecule has 0 bridgehead atoms. The van der Waals surface area contributed by atoms with Gasteiger partial charge in [0.2, 0.25) is 11.0 Å². The molecule has 0 amide bonds. The number of benzene rings is 1. The van der Waals surface area contributed by atoms with E-state index in [2.05, 4.69) is 15.2 Å². The minimum Gasteiger partial charge on any atom is -0.464 e. The quantitative estimate of drug-likeness (QED) is 0.795. The normalized spacial score (nSPS) is 9.81. The van der Waals surface area contributed by atoms with Crippen molar-refractivity contribution in [3.63, 3.8) is 0 Å². The van der Waals surface area contributed by atoms with Crippen LogP contribution in [0.2, 0.25) is 0 Å². The number of hydrogen-bond acceptors (Lipinski definition) is 7. The predicted octanol–water partition coefficient (Wildman–Crippen LogP) is 3.38. The Morgan fingerprint density at radius 3 is 2.52 bits per heavy atom. The summed E-state index contributed by atoms with van der Waals surface area (Å²) in [7, 11) is 0. The fraction of sp³-hybridized carbons (Fsp3) is 0.214. The molecule has 0 radical (unpaired) electrons. The molecule has 21 heavy (non-hydrogen) atoms. The molecule has 2 N–H and O–H groups in total. The van der Waals surface area contributed by atoms with Crippen LogP contribution in [0.25, 0.3) is 11.5 Å². The van der Waals surface area contributed by atoms with Crippen molar-refractivity contribution in [1.29, 1.82) is 0 Å². The maximum absolute atomic E-state index is 5.47. The zero-order valence-electron chi connectivity index (χ0n) is 11.8. The van der Waals surface area contributed by atoms with Crippen LogP contribution < -0.4 is 10.5 Å². The highest BCUT2D eigenvalue weighted by atomic mass is 32.1. The zero-order valence-corrected chi connectivity index (χ0v) is 12.6. The topological polar surface area (TPSA) is 87.1 Å². The molecule has 0 spiro atoms. The van der Waals surface area contributed by atoms with Crippen molar-refractivity contribution in [3.05, 3.63) is 42.3 Å². The van der Waals surface area contributed by atoms with E-state index in [-0.39, 0.29) is 0 Å². The van der Waals surface area contributed by atoms with Gasteiger partial charge < -0.3 is 14.9 Å². The summed E-state index contributed by atoms with van der Waals surface area (Å²) in [6, 6.07) is 7.76. The summed E-state index contributed by atoms with van der Waals surface area (Å²) in [5, 5.41) is 8.33. The minimum atomic E-state index is 0.397. The van der Waals surface area contributed by atoms with E-state index in [9.17, 15) is 0 Å². The molecule has 0 aliphatic rings. The van der Waals surface area contributed by atoms with Crippen LogP contribution in [0.1, 0.15) is 19.4 Å². The second-order valence-corrected chi connectivity index (χ2v) is 4.70. The summed E-state index contributed by atoms with van der Waals surface area (Å²) in [4.78, 5) is 4.08. The van der Waals surface area contributed by atoms with E-state index in [0.29, 0.717) is 22.8 Å². The number of nitrogen functional groups attached to an aromatic ring is 1. The molecule has 110 valence electrons. The van der Waals surface area contributed by atoms with Gasteiger partial charge in [-0.25, -0.2) is 4.98 Å². The standard InChI is InChI=1S/C12H10N4O2S.C2H6/c13-11-15-16-12(19-11)18-7-8-1-3-9(4-2-8)10-14-5-6-17-10;1-2/h1-6H,7H2,(H2,13,15);1-2H3. The Hall–Kier alpha value is -2.41. The number of nitrogens with two attached hydrogens (primary N) is 1. The van der Waals surface area contributed by atoms with E-state index in [4.69, 9.17) is 14.9 Å². The number of aromatic nitrogens is 3. The van der Waals surface area contributed by atoms with Gasteiger partial charge in [-0.3, -0.25) is 0 Å². The van der Waals surface area contributed by atoms with Gasteiger partial charge in [-0.15, -0.1) is 5.10 Å². The van der Waals surface area contributed by atoms with Gasteiger partial charge in [-0.05, 0) is 29.0 Å². The summed E-state index contributed by atoms with van der Waals surface area (Å²) in [5.74, 6) is 0.601. The summed E-state index contributed by atoms with van der Waals surface area (Å²) >= 11 is 1.22. The van der Waals surface area contributed by atoms with E-state index in [1.165, 1.54) is 11.3 Å². The largest absolute Gasteiger partial charge is 0.464 e. The number of oxazole rings is 1. The lowest BCUT2D eigenvalue weighted by molar-refractivity contribution is 0.302. The maximum Gasteiger partial charge on any atom is 0.296 e. The summed E-state index contributed by atoms with van der Waals surface area (Å²) in [6.45, 7) is 4.42. The number of hydrogen-bond donors (Lipinski definition) is 1. The number of rotatable bonds is 4. The van der Waals surface area contributed by atoms with Crippen molar-refractivity contribution >= 4 is 16.5 Å². The molecule has 0 aliphatic carbocycles. The van der Waals surface area contributed by atoms with Gasteiger partial charge in [-0.1, -0.05) is 31.1 Å². The average molecular weight is 304 g/mol. The maximum atomic E-state index is 5.47. The molecule has 3 rings (SSSR count). The van der Waals surface area contributed by atoms with Crippen LogP contribution in [0, 0.1) is 0 Å². The molecular formula is C14H16N4O2S. The Kier molecular flexibility index (Phi) is 5.28. The summed E-state index contributed by atoms with van der Waals surface area (Å²) in [5.41, 5.74) is 7.41. The molecule has 0 saturated heterocycles. The molecular weight excluding hydrogens is 288 g/mol. The third-order valence-electron chi connectivity index (χ3n) is 2.42. The molecule has 0 unspecified atom stereocenters. The highest BCUT2D eigenvalue weighted by Gasteiger charge is 2.04. The third-order valence-corrected chi connectivity index (χ3v) is 3.08. The first-order valence-electron chi connectivity index (χ1n) is 6.52. The van der Waals surface area contributed by atoms with Gasteiger partial charge in [0.25, 0.3) is 5.19 Å². The van der Waals surface area contributed by atoms with Gasteiger partial charge in [0.05, 0.1) is 6.20 Å². The van der Waals surface area contributed by atoms with Crippen molar-refractivity contribution < 1.29 is 9.15 Å². The van der Waals surface area contributed by atoms with Crippen molar-refractivity contribution in [1.82, 2.24) is 15.2 Å². The molecule has 6 nitrogen and oxygen atoms in total. The highest BCUT2D eigenvalue weighted by Crippen LogP contribution is 2.21.